The van der Waals surface area contributed by atoms with E-state index in [1.165, 1.54) is 31.1 Å². The van der Waals surface area contributed by atoms with E-state index in [4.69, 9.17) is 14.2 Å². The van der Waals surface area contributed by atoms with Crippen molar-refractivity contribution in [2.45, 2.75) is 38.0 Å². The Labute approximate surface area is 224 Å². The van der Waals surface area contributed by atoms with Crippen molar-refractivity contribution in [2.75, 3.05) is 26.1 Å². The van der Waals surface area contributed by atoms with E-state index >= 15 is 0 Å². The molecule has 0 fully saturated rings. The van der Waals surface area contributed by atoms with Crippen LogP contribution in [0.2, 0.25) is 0 Å². The number of hydrogen-bond acceptors (Lipinski definition) is 8. The first-order valence-electron chi connectivity index (χ1n) is 12.3. The maximum atomic E-state index is 12.7. The zero-order valence-electron chi connectivity index (χ0n) is 21.3. The number of methoxy groups -OCH3 is 2. The Morgan fingerprint density at radius 1 is 0.974 bits per heavy atom. The minimum atomic E-state index is -0.661. The molecule has 0 radical (unpaired) electrons. The summed E-state index contributed by atoms with van der Waals surface area (Å²) in [5.41, 5.74) is 2.95. The molecule has 1 heterocycles. The van der Waals surface area contributed by atoms with Crippen molar-refractivity contribution in [1.29, 1.82) is 0 Å². The number of thiophene rings is 1. The second-order valence-corrected chi connectivity index (χ2v) is 10.0. The number of benzene rings is 2. The van der Waals surface area contributed by atoms with Gasteiger partial charge in [-0.2, -0.15) is 0 Å². The van der Waals surface area contributed by atoms with Gasteiger partial charge in [-0.15, -0.1) is 11.3 Å². The number of nitrogens with one attached hydrogen (secondary N) is 1. The molecule has 198 valence electrons. The Morgan fingerprint density at radius 2 is 1.71 bits per heavy atom. The largest absolute Gasteiger partial charge is 0.497 e. The fraction of sp³-hybridized carbons (Fsp3) is 0.310. The third-order valence-corrected chi connectivity index (χ3v) is 7.68. The number of ether oxygens (including phenoxy) is 3. The van der Waals surface area contributed by atoms with Gasteiger partial charge in [-0.05, 0) is 60.6 Å². The molecule has 0 spiro atoms. The molecule has 1 aliphatic carbocycles. The maximum absolute atomic E-state index is 12.7. The second-order valence-electron chi connectivity index (χ2n) is 8.91. The van der Waals surface area contributed by atoms with Gasteiger partial charge in [0.25, 0.3) is 0 Å². The number of ketones is 1. The van der Waals surface area contributed by atoms with Crippen molar-refractivity contribution in [2.24, 2.45) is 0 Å². The van der Waals surface area contributed by atoms with Gasteiger partial charge in [0.2, 0.25) is 5.91 Å². The molecule has 0 saturated carbocycles. The molecule has 9 heteroatoms. The Balaban J connectivity index is 1.33. The molecule has 0 bridgehead atoms. The van der Waals surface area contributed by atoms with Crippen LogP contribution in [-0.2, 0) is 31.9 Å². The van der Waals surface area contributed by atoms with Crippen LogP contribution in [-0.4, -0.2) is 44.5 Å². The Kier molecular flexibility index (Phi) is 8.91. The third-order valence-electron chi connectivity index (χ3n) is 6.51. The summed E-state index contributed by atoms with van der Waals surface area (Å²) in [6, 6.07) is 16.7. The van der Waals surface area contributed by atoms with Crippen LogP contribution in [0.1, 0.15) is 61.9 Å². The average molecular weight is 536 g/mol. The van der Waals surface area contributed by atoms with E-state index in [1.54, 1.807) is 24.3 Å². The number of rotatable bonds is 10. The smallest absolute Gasteiger partial charge is 0.341 e. The average Bonchev–Trinajstić information content (AvgIpc) is 3.31. The lowest BCUT2D eigenvalue weighted by molar-refractivity contribution is -0.143. The van der Waals surface area contributed by atoms with E-state index in [1.807, 2.05) is 18.2 Å². The quantitative estimate of drug-likeness (QED) is 0.289. The topological polar surface area (TPSA) is 108 Å². The summed E-state index contributed by atoms with van der Waals surface area (Å²) < 4.78 is 15.1. The predicted octanol–water partition coefficient (Wildman–Crippen LogP) is 4.96. The molecule has 4 rings (SSSR count). The number of anilines is 1. The van der Waals surface area contributed by atoms with Gasteiger partial charge in [0.15, 0.2) is 12.4 Å². The summed E-state index contributed by atoms with van der Waals surface area (Å²) in [6.45, 7) is -0.417. The Bertz CT molecular complexity index is 1310. The fourth-order valence-corrected chi connectivity index (χ4v) is 5.82. The summed E-state index contributed by atoms with van der Waals surface area (Å²) in [5, 5.41) is 3.22. The van der Waals surface area contributed by atoms with Crippen LogP contribution < -0.4 is 10.1 Å². The summed E-state index contributed by atoms with van der Waals surface area (Å²) in [4.78, 5) is 50.7. The molecule has 2 aromatic carbocycles. The van der Waals surface area contributed by atoms with Crippen LogP contribution in [0.5, 0.6) is 5.75 Å². The van der Waals surface area contributed by atoms with Crippen LogP contribution in [0.25, 0.3) is 0 Å². The highest BCUT2D eigenvalue weighted by Gasteiger charge is 2.30. The van der Waals surface area contributed by atoms with Gasteiger partial charge in [-0.3, -0.25) is 14.4 Å². The van der Waals surface area contributed by atoms with E-state index in [0.29, 0.717) is 34.2 Å². The van der Waals surface area contributed by atoms with E-state index < -0.39 is 24.5 Å². The summed E-state index contributed by atoms with van der Waals surface area (Å²) in [7, 11) is 2.84. The third kappa shape index (κ3) is 6.47. The first kappa shape index (κ1) is 27.1. The number of amides is 1. The molecule has 1 atom stereocenters. The van der Waals surface area contributed by atoms with Crippen molar-refractivity contribution >= 4 is 40.0 Å². The van der Waals surface area contributed by atoms with E-state index in [9.17, 15) is 19.2 Å². The molecular formula is C29H29NO7S. The lowest BCUT2D eigenvalue weighted by Gasteiger charge is -2.22. The van der Waals surface area contributed by atoms with Crippen molar-refractivity contribution in [1.82, 2.24) is 0 Å². The zero-order chi connectivity index (χ0) is 27.1. The molecule has 1 aromatic heterocycles. The standard InChI is InChI=1S/C29H29NO7S/c1-35-21-11-8-19(9-12-21)23(31)17-37-26(33)15-14-25(32)30-28-27(29(34)36-2)22-13-10-20(16-24(22)38-28)18-6-4-3-5-7-18/h3-9,11-12,20H,10,13-17H2,1-2H3,(H,30,32)/t20-/m0/s1. The molecule has 3 aromatic rings. The van der Waals surface area contributed by atoms with Crippen molar-refractivity contribution in [3.8, 4) is 5.75 Å². The Hall–Kier alpha value is -3.98. The molecule has 0 saturated heterocycles. The highest BCUT2D eigenvalue weighted by atomic mass is 32.1. The molecule has 1 N–H and O–H groups in total. The number of hydrogen-bond donors (Lipinski definition) is 1. The van der Waals surface area contributed by atoms with Gasteiger partial charge in [0, 0.05) is 16.9 Å². The number of carbonyl (C=O) groups excluding carboxylic acids is 4. The molecule has 38 heavy (non-hydrogen) atoms. The highest BCUT2D eigenvalue weighted by Crippen LogP contribution is 2.42. The molecule has 0 aliphatic heterocycles. The van der Waals surface area contributed by atoms with Gasteiger partial charge in [-0.25, -0.2) is 4.79 Å². The SMILES string of the molecule is COC(=O)c1c(NC(=O)CCC(=O)OCC(=O)c2ccc(OC)cc2)sc2c1CC[C@H](c1ccccc1)C2. The van der Waals surface area contributed by atoms with Crippen LogP contribution in [0.4, 0.5) is 5.00 Å². The van der Waals surface area contributed by atoms with Crippen molar-refractivity contribution in [3.63, 3.8) is 0 Å². The minimum Gasteiger partial charge on any atom is -0.497 e. The fourth-order valence-electron chi connectivity index (χ4n) is 4.48. The van der Waals surface area contributed by atoms with Crippen molar-refractivity contribution < 1.29 is 33.4 Å². The van der Waals surface area contributed by atoms with Gasteiger partial charge in [-0.1, -0.05) is 30.3 Å². The second kappa shape index (κ2) is 12.5. The normalized spacial score (nSPS) is 14.2. The minimum absolute atomic E-state index is 0.147. The zero-order valence-corrected chi connectivity index (χ0v) is 22.1. The van der Waals surface area contributed by atoms with Gasteiger partial charge in [0.1, 0.15) is 10.8 Å². The maximum Gasteiger partial charge on any atom is 0.341 e. The predicted molar refractivity (Wildman–Crippen MR) is 143 cm³/mol. The molecule has 8 nitrogen and oxygen atoms in total. The molecule has 0 unspecified atom stereocenters. The Morgan fingerprint density at radius 3 is 2.39 bits per heavy atom. The van der Waals surface area contributed by atoms with Gasteiger partial charge >= 0.3 is 11.9 Å². The first-order chi connectivity index (χ1) is 18.4. The molecule has 1 aliphatic rings. The van der Waals surface area contributed by atoms with E-state index in [0.717, 1.165) is 23.3 Å². The number of Topliss-reactive ketones (excluding diaryl/α,β-unsaturated/α-hetero) is 1. The summed E-state index contributed by atoms with van der Waals surface area (Å²) in [5.74, 6) is -0.981. The van der Waals surface area contributed by atoms with Crippen LogP contribution >= 0.6 is 11.3 Å². The first-order valence-corrected chi connectivity index (χ1v) is 13.1. The highest BCUT2D eigenvalue weighted by molar-refractivity contribution is 7.17. The lowest BCUT2D eigenvalue weighted by Crippen LogP contribution is -2.18. The number of fused-ring (bicyclic) bond motifs is 1. The van der Waals surface area contributed by atoms with Crippen LogP contribution in [0.3, 0.4) is 0 Å². The summed E-state index contributed by atoms with van der Waals surface area (Å²) in [6.07, 6.45) is 2.03. The van der Waals surface area contributed by atoms with Crippen molar-refractivity contribution in [3.05, 3.63) is 81.7 Å². The monoisotopic (exact) mass is 535 g/mol. The number of esters is 2. The van der Waals surface area contributed by atoms with Crippen LogP contribution in [0.15, 0.2) is 54.6 Å². The number of carbonyl (C=O) groups is 4. The van der Waals surface area contributed by atoms with Crippen LogP contribution in [0, 0.1) is 0 Å². The van der Waals surface area contributed by atoms with E-state index in [2.05, 4.69) is 17.4 Å². The van der Waals surface area contributed by atoms with E-state index in [-0.39, 0.29) is 18.6 Å². The molecule has 1 amide bonds. The lowest BCUT2D eigenvalue weighted by atomic mass is 9.83. The summed E-state index contributed by atoms with van der Waals surface area (Å²) >= 11 is 1.38. The van der Waals surface area contributed by atoms with Gasteiger partial charge < -0.3 is 19.5 Å². The molecular weight excluding hydrogens is 506 g/mol. The van der Waals surface area contributed by atoms with Gasteiger partial charge in [0.05, 0.1) is 26.2 Å².